The third-order valence-corrected chi connectivity index (χ3v) is 3.54. The Morgan fingerprint density at radius 2 is 2.06 bits per heavy atom. The van der Waals surface area contributed by atoms with Gasteiger partial charge in [-0.25, -0.2) is 0 Å². The number of carboxylic acid groups (broad SMARTS) is 1. The van der Waals surface area contributed by atoms with Gasteiger partial charge in [-0.1, -0.05) is 24.3 Å². The molecule has 1 unspecified atom stereocenters. The van der Waals surface area contributed by atoms with Crippen LogP contribution in [0.3, 0.4) is 0 Å². The van der Waals surface area contributed by atoms with Crippen LogP contribution >= 0.6 is 11.8 Å². The van der Waals surface area contributed by atoms with E-state index in [9.17, 15) is 4.79 Å². The van der Waals surface area contributed by atoms with Crippen LogP contribution in [-0.2, 0) is 15.3 Å². The predicted molar refractivity (Wildman–Crippen MR) is 70.5 cm³/mol. The first-order chi connectivity index (χ1) is 8.15. The van der Waals surface area contributed by atoms with Gasteiger partial charge in [0.25, 0.3) is 0 Å². The quantitative estimate of drug-likeness (QED) is 0.760. The molecule has 1 aromatic carbocycles. The molecule has 17 heavy (non-hydrogen) atoms. The van der Waals surface area contributed by atoms with Crippen molar-refractivity contribution in [2.45, 2.75) is 18.6 Å². The average Bonchev–Trinajstić information content (AvgIpc) is 2.34. The molecule has 0 saturated carbocycles. The molecule has 1 atom stereocenters. The zero-order valence-electron chi connectivity index (χ0n) is 10.2. The number of carboxylic acids is 1. The van der Waals surface area contributed by atoms with Crippen molar-refractivity contribution in [1.82, 2.24) is 0 Å². The molecular weight excluding hydrogens is 236 g/mol. The molecule has 3 nitrogen and oxygen atoms in total. The van der Waals surface area contributed by atoms with Crippen LogP contribution in [0, 0.1) is 0 Å². The van der Waals surface area contributed by atoms with Gasteiger partial charge >= 0.3 is 5.97 Å². The zero-order chi connectivity index (χ0) is 12.7. The van der Waals surface area contributed by atoms with Gasteiger partial charge < -0.3 is 9.84 Å². The lowest BCUT2D eigenvalue weighted by molar-refractivity contribution is -0.138. The highest BCUT2D eigenvalue weighted by Gasteiger charge is 2.12. The Morgan fingerprint density at radius 1 is 1.41 bits per heavy atom. The second-order valence-electron chi connectivity index (χ2n) is 3.85. The van der Waals surface area contributed by atoms with Gasteiger partial charge in [-0.2, -0.15) is 11.8 Å². The van der Waals surface area contributed by atoms with Crippen LogP contribution in [0.1, 0.15) is 24.0 Å². The molecule has 1 N–H and O–H groups in total. The minimum absolute atomic E-state index is 0.440. The highest BCUT2D eigenvalue weighted by Crippen LogP contribution is 2.18. The molecule has 1 aromatic rings. The maximum Gasteiger partial charge on any atom is 0.310 e. The molecular formula is C13H18O3S. The van der Waals surface area contributed by atoms with Crippen molar-refractivity contribution >= 4 is 17.7 Å². The predicted octanol–water partition coefficient (Wildman–Crippen LogP) is 2.75. The molecule has 0 amide bonds. The highest BCUT2D eigenvalue weighted by atomic mass is 32.2. The normalized spacial score (nSPS) is 12.4. The van der Waals surface area contributed by atoms with E-state index in [0.29, 0.717) is 0 Å². The van der Waals surface area contributed by atoms with E-state index in [1.165, 1.54) is 5.56 Å². The topological polar surface area (TPSA) is 46.5 Å². The second-order valence-corrected chi connectivity index (χ2v) is 4.95. The van der Waals surface area contributed by atoms with Crippen LogP contribution in [0.2, 0.25) is 0 Å². The SMILES string of the molecule is COCCSCc1ccc(C(C)C(=O)O)cc1. The van der Waals surface area contributed by atoms with Crippen molar-refractivity contribution in [2.75, 3.05) is 19.5 Å². The molecule has 0 aliphatic heterocycles. The van der Waals surface area contributed by atoms with Gasteiger partial charge in [-0.15, -0.1) is 0 Å². The maximum atomic E-state index is 10.8. The number of hydrogen-bond acceptors (Lipinski definition) is 3. The van der Waals surface area contributed by atoms with Crippen molar-refractivity contribution in [2.24, 2.45) is 0 Å². The van der Waals surface area contributed by atoms with Gasteiger partial charge in [0.15, 0.2) is 0 Å². The minimum Gasteiger partial charge on any atom is -0.481 e. The summed E-state index contributed by atoms with van der Waals surface area (Å²) in [5.74, 6) is 0.687. The van der Waals surface area contributed by atoms with Crippen molar-refractivity contribution in [1.29, 1.82) is 0 Å². The maximum absolute atomic E-state index is 10.8. The van der Waals surface area contributed by atoms with Gasteiger partial charge in [0.2, 0.25) is 0 Å². The van der Waals surface area contributed by atoms with Gasteiger partial charge in [-0.05, 0) is 18.1 Å². The summed E-state index contributed by atoms with van der Waals surface area (Å²) in [5.41, 5.74) is 2.07. The van der Waals surface area contributed by atoms with E-state index in [4.69, 9.17) is 9.84 Å². The molecule has 0 aliphatic rings. The largest absolute Gasteiger partial charge is 0.481 e. The van der Waals surface area contributed by atoms with Crippen LogP contribution in [0.5, 0.6) is 0 Å². The average molecular weight is 254 g/mol. The van der Waals surface area contributed by atoms with Crippen LogP contribution in [0.4, 0.5) is 0 Å². The summed E-state index contributed by atoms with van der Waals surface area (Å²) >= 11 is 1.81. The standard InChI is InChI=1S/C13H18O3S/c1-10(13(14)15)12-5-3-11(4-6-12)9-17-8-7-16-2/h3-6,10H,7-9H2,1-2H3,(H,14,15). The first-order valence-electron chi connectivity index (χ1n) is 5.53. The Bertz CT molecular complexity index is 348. The molecule has 94 valence electrons. The summed E-state index contributed by atoms with van der Waals surface area (Å²) in [7, 11) is 1.70. The van der Waals surface area contributed by atoms with Crippen LogP contribution < -0.4 is 0 Å². The van der Waals surface area contributed by atoms with Gasteiger partial charge in [0.1, 0.15) is 0 Å². The smallest absolute Gasteiger partial charge is 0.310 e. The van der Waals surface area contributed by atoms with E-state index < -0.39 is 11.9 Å². The Morgan fingerprint density at radius 3 is 2.59 bits per heavy atom. The van der Waals surface area contributed by atoms with Crippen molar-refractivity contribution in [3.63, 3.8) is 0 Å². The Balaban J connectivity index is 2.47. The number of methoxy groups -OCH3 is 1. The number of thioether (sulfide) groups is 1. The van der Waals surface area contributed by atoms with Crippen LogP contribution in [0.15, 0.2) is 24.3 Å². The molecule has 0 saturated heterocycles. The number of carbonyl (C=O) groups is 1. The Labute approximate surface area is 106 Å². The molecule has 0 aliphatic carbocycles. The summed E-state index contributed by atoms with van der Waals surface area (Å²) in [5, 5.41) is 8.89. The first kappa shape index (κ1) is 14.1. The molecule has 0 fully saturated rings. The fraction of sp³-hybridized carbons (Fsp3) is 0.462. The first-order valence-corrected chi connectivity index (χ1v) is 6.69. The molecule has 4 heteroatoms. The molecule has 0 spiro atoms. The summed E-state index contributed by atoms with van der Waals surface area (Å²) in [6.45, 7) is 2.46. The number of ether oxygens (including phenoxy) is 1. The van der Waals surface area contributed by atoms with Gasteiger partial charge in [0.05, 0.1) is 12.5 Å². The van der Waals surface area contributed by atoms with Gasteiger partial charge in [-0.3, -0.25) is 4.79 Å². The Kier molecular flexibility index (Phi) is 6.08. The monoisotopic (exact) mass is 254 g/mol. The minimum atomic E-state index is -0.785. The van der Waals surface area contributed by atoms with E-state index in [1.807, 2.05) is 36.0 Å². The third-order valence-electron chi connectivity index (χ3n) is 2.55. The van der Waals surface area contributed by atoms with Crippen molar-refractivity contribution in [3.05, 3.63) is 35.4 Å². The van der Waals surface area contributed by atoms with Crippen LogP contribution in [0.25, 0.3) is 0 Å². The fourth-order valence-corrected chi connectivity index (χ4v) is 2.23. The van der Waals surface area contributed by atoms with E-state index in [0.717, 1.165) is 23.7 Å². The molecule has 0 heterocycles. The Hall–Kier alpha value is -1.00. The number of aliphatic carboxylic acids is 1. The summed E-state index contributed by atoms with van der Waals surface area (Å²) < 4.78 is 4.97. The molecule has 0 radical (unpaired) electrons. The zero-order valence-corrected chi connectivity index (χ0v) is 11.0. The number of hydrogen-bond donors (Lipinski definition) is 1. The number of rotatable bonds is 7. The highest BCUT2D eigenvalue weighted by molar-refractivity contribution is 7.98. The van der Waals surface area contributed by atoms with E-state index in [1.54, 1.807) is 14.0 Å². The van der Waals surface area contributed by atoms with Crippen molar-refractivity contribution in [3.8, 4) is 0 Å². The van der Waals surface area contributed by atoms with Gasteiger partial charge in [0, 0.05) is 18.6 Å². The lowest BCUT2D eigenvalue weighted by Crippen LogP contribution is -2.07. The number of benzene rings is 1. The van der Waals surface area contributed by atoms with E-state index in [2.05, 4.69) is 0 Å². The lowest BCUT2D eigenvalue weighted by atomic mass is 10.0. The second kappa shape index (κ2) is 7.35. The van der Waals surface area contributed by atoms with Crippen LogP contribution in [-0.4, -0.2) is 30.5 Å². The summed E-state index contributed by atoms with van der Waals surface area (Å²) in [6, 6.07) is 7.78. The molecule has 0 aromatic heterocycles. The molecule has 0 bridgehead atoms. The summed E-state index contributed by atoms with van der Waals surface area (Å²) in [6.07, 6.45) is 0. The third kappa shape index (κ3) is 4.79. The lowest BCUT2D eigenvalue weighted by Gasteiger charge is -2.07. The van der Waals surface area contributed by atoms with E-state index >= 15 is 0 Å². The van der Waals surface area contributed by atoms with E-state index in [-0.39, 0.29) is 0 Å². The fourth-order valence-electron chi connectivity index (χ4n) is 1.38. The molecule has 1 rings (SSSR count). The summed E-state index contributed by atoms with van der Waals surface area (Å²) in [4.78, 5) is 10.8. The van der Waals surface area contributed by atoms with Crippen molar-refractivity contribution < 1.29 is 14.6 Å².